The lowest BCUT2D eigenvalue weighted by atomic mass is 10.2. The van der Waals surface area contributed by atoms with Crippen LogP contribution in [0, 0.1) is 6.92 Å². The van der Waals surface area contributed by atoms with E-state index in [0.29, 0.717) is 10.6 Å². The van der Waals surface area contributed by atoms with Gasteiger partial charge < -0.3 is 10.6 Å². The number of aromatic nitrogens is 1. The van der Waals surface area contributed by atoms with Gasteiger partial charge in [-0.2, -0.15) is 0 Å². The molecule has 2 heterocycles. The molecule has 1 aliphatic rings. The van der Waals surface area contributed by atoms with E-state index in [9.17, 15) is 13.2 Å². The molecular formula is C16H20N4O3S2. The minimum absolute atomic E-state index is 0.0676. The number of carbonyl (C=O) groups is 1. The predicted molar refractivity (Wildman–Crippen MR) is 96.1 cm³/mol. The summed E-state index contributed by atoms with van der Waals surface area (Å²) in [6.45, 7) is 3.60. The molecule has 134 valence electrons. The van der Waals surface area contributed by atoms with Gasteiger partial charge in [0.25, 0.3) is 5.91 Å². The first-order chi connectivity index (χ1) is 11.9. The predicted octanol–water partition coefficient (Wildman–Crippen LogP) is 1.02. The fourth-order valence-corrected chi connectivity index (χ4v) is 4.41. The number of thiazole rings is 1. The summed E-state index contributed by atoms with van der Waals surface area (Å²) in [5.41, 5.74) is 1.19. The highest BCUT2D eigenvalue weighted by atomic mass is 32.2. The van der Waals surface area contributed by atoms with E-state index in [0.717, 1.165) is 25.2 Å². The van der Waals surface area contributed by atoms with E-state index in [2.05, 4.69) is 20.3 Å². The number of rotatable bonds is 6. The van der Waals surface area contributed by atoms with Crippen LogP contribution in [0.1, 0.15) is 27.5 Å². The Labute approximate surface area is 150 Å². The first-order valence-corrected chi connectivity index (χ1v) is 10.3. The Hall–Kier alpha value is -1.81. The smallest absolute Gasteiger partial charge is 0.251 e. The number of amides is 1. The standard InChI is InChI=1S/C16H20N4O3S2/c1-11-10-24-15(19-11)9-18-25(22,23)14-4-2-3-12(7-14)16(21)20-13-5-6-17-8-13/h2-4,7,10,13,17-18H,5-6,8-9H2,1H3,(H,20,21)/t13-/m1/s1. The molecule has 9 heteroatoms. The number of aryl methyl sites for hydroxylation is 1. The summed E-state index contributed by atoms with van der Waals surface area (Å²) >= 11 is 1.40. The molecule has 1 aromatic carbocycles. The fraction of sp³-hybridized carbons (Fsp3) is 0.375. The molecular weight excluding hydrogens is 360 g/mol. The van der Waals surface area contributed by atoms with Crippen LogP contribution >= 0.6 is 11.3 Å². The van der Waals surface area contributed by atoms with E-state index < -0.39 is 10.0 Å². The monoisotopic (exact) mass is 380 g/mol. The van der Waals surface area contributed by atoms with Crippen LogP contribution in [0.3, 0.4) is 0 Å². The molecule has 1 fully saturated rings. The molecule has 7 nitrogen and oxygen atoms in total. The summed E-state index contributed by atoms with van der Waals surface area (Å²) in [6.07, 6.45) is 0.874. The Kier molecular flexibility index (Phi) is 5.48. The third-order valence-corrected chi connectivity index (χ3v) is 6.25. The number of sulfonamides is 1. The number of carbonyl (C=O) groups excluding carboxylic acids is 1. The normalized spacial score (nSPS) is 17.6. The van der Waals surface area contributed by atoms with Crippen LogP contribution in [0.4, 0.5) is 0 Å². The molecule has 3 rings (SSSR count). The maximum Gasteiger partial charge on any atom is 0.251 e. The number of nitrogens with zero attached hydrogens (tertiary/aromatic N) is 1. The molecule has 3 N–H and O–H groups in total. The Morgan fingerprint density at radius 1 is 1.44 bits per heavy atom. The first kappa shape index (κ1) is 18.0. The van der Waals surface area contributed by atoms with Gasteiger partial charge in [0.05, 0.1) is 11.4 Å². The van der Waals surface area contributed by atoms with Crippen LogP contribution < -0.4 is 15.4 Å². The van der Waals surface area contributed by atoms with Gasteiger partial charge in [-0.3, -0.25) is 4.79 Å². The lowest BCUT2D eigenvalue weighted by molar-refractivity contribution is 0.0940. The zero-order valence-corrected chi connectivity index (χ0v) is 15.4. The van der Waals surface area contributed by atoms with E-state index in [-0.39, 0.29) is 23.4 Å². The van der Waals surface area contributed by atoms with Crippen LogP contribution in [-0.2, 0) is 16.6 Å². The van der Waals surface area contributed by atoms with Crippen molar-refractivity contribution in [2.24, 2.45) is 0 Å². The molecule has 0 saturated carbocycles. The molecule has 1 saturated heterocycles. The Morgan fingerprint density at radius 2 is 2.28 bits per heavy atom. The molecule has 0 spiro atoms. The second-order valence-corrected chi connectivity index (χ2v) is 8.61. The molecule has 2 aromatic rings. The van der Waals surface area contributed by atoms with Gasteiger partial charge in [0.2, 0.25) is 10.0 Å². The van der Waals surface area contributed by atoms with Crippen molar-refractivity contribution in [2.75, 3.05) is 13.1 Å². The van der Waals surface area contributed by atoms with Gasteiger partial charge in [0.15, 0.2) is 0 Å². The Balaban J connectivity index is 1.69. The van der Waals surface area contributed by atoms with Gasteiger partial charge in [-0.25, -0.2) is 18.1 Å². The second kappa shape index (κ2) is 7.61. The second-order valence-electron chi connectivity index (χ2n) is 5.90. The summed E-state index contributed by atoms with van der Waals surface area (Å²) < 4.78 is 27.4. The van der Waals surface area contributed by atoms with Gasteiger partial charge in [-0.15, -0.1) is 11.3 Å². The zero-order valence-electron chi connectivity index (χ0n) is 13.8. The highest BCUT2D eigenvalue weighted by molar-refractivity contribution is 7.89. The van der Waals surface area contributed by atoms with Gasteiger partial charge >= 0.3 is 0 Å². The lowest BCUT2D eigenvalue weighted by Crippen LogP contribution is -2.36. The topological polar surface area (TPSA) is 100 Å². The third-order valence-electron chi connectivity index (χ3n) is 3.88. The van der Waals surface area contributed by atoms with Crippen molar-refractivity contribution < 1.29 is 13.2 Å². The van der Waals surface area contributed by atoms with E-state index in [1.807, 2.05) is 12.3 Å². The van der Waals surface area contributed by atoms with Gasteiger partial charge in [0.1, 0.15) is 5.01 Å². The minimum atomic E-state index is -3.71. The minimum Gasteiger partial charge on any atom is -0.348 e. The van der Waals surface area contributed by atoms with Gasteiger partial charge in [-0.05, 0) is 38.1 Å². The number of nitrogens with one attached hydrogen (secondary N) is 3. The first-order valence-electron chi connectivity index (χ1n) is 7.96. The average molecular weight is 380 g/mol. The Bertz CT molecular complexity index is 858. The molecule has 1 aromatic heterocycles. The molecule has 25 heavy (non-hydrogen) atoms. The van der Waals surface area contributed by atoms with Crippen LogP contribution in [0.25, 0.3) is 0 Å². The van der Waals surface area contributed by atoms with Gasteiger partial charge in [-0.1, -0.05) is 6.07 Å². The molecule has 1 amide bonds. The highest BCUT2D eigenvalue weighted by Crippen LogP contribution is 2.14. The van der Waals surface area contributed by atoms with Crippen molar-refractivity contribution in [3.8, 4) is 0 Å². The maximum absolute atomic E-state index is 12.5. The molecule has 1 aliphatic heterocycles. The van der Waals surface area contributed by atoms with Crippen molar-refractivity contribution in [3.63, 3.8) is 0 Å². The molecule has 0 radical (unpaired) electrons. The number of hydrogen-bond acceptors (Lipinski definition) is 6. The fourth-order valence-electron chi connectivity index (χ4n) is 2.58. The number of benzene rings is 1. The highest BCUT2D eigenvalue weighted by Gasteiger charge is 2.20. The lowest BCUT2D eigenvalue weighted by Gasteiger charge is -2.12. The zero-order chi connectivity index (χ0) is 17.9. The molecule has 0 aliphatic carbocycles. The largest absolute Gasteiger partial charge is 0.348 e. The van der Waals surface area contributed by atoms with Crippen molar-refractivity contribution in [1.82, 2.24) is 20.3 Å². The van der Waals surface area contributed by atoms with E-state index >= 15 is 0 Å². The van der Waals surface area contributed by atoms with Crippen molar-refractivity contribution in [3.05, 3.63) is 45.9 Å². The molecule has 0 unspecified atom stereocenters. The van der Waals surface area contributed by atoms with E-state index in [1.54, 1.807) is 12.1 Å². The van der Waals surface area contributed by atoms with E-state index in [1.165, 1.54) is 23.5 Å². The molecule has 1 atom stereocenters. The van der Waals surface area contributed by atoms with Crippen LogP contribution in [0.5, 0.6) is 0 Å². The molecule has 0 bridgehead atoms. The van der Waals surface area contributed by atoms with Crippen LogP contribution in [-0.4, -0.2) is 38.4 Å². The quantitative estimate of drug-likeness (QED) is 0.695. The number of hydrogen-bond donors (Lipinski definition) is 3. The van der Waals surface area contributed by atoms with Crippen LogP contribution in [0.15, 0.2) is 34.5 Å². The van der Waals surface area contributed by atoms with Crippen LogP contribution in [0.2, 0.25) is 0 Å². The summed E-state index contributed by atoms with van der Waals surface area (Å²) in [6, 6.07) is 6.14. The van der Waals surface area contributed by atoms with Crippen molar-refractivity contribution >= 4 is 27.3 Å². The maximum atomic E-state index is 12.5. The summed E-state index contributed by atoms with van der Waals surface area (Å²) in [4.78, 5) is 16.6. The summed E-state index contributed by atoms with van der Waals surface area (Å²) in [5.74, 6) is -0.263. The van der Waals surface area contributed by atoms with Gasteiger partial charge in [0, 0.05) is 29.2 Å². The van der Waals surface area contributed by atoms with E-state index in [4.69, 9.17) is 0 Å². The summed E-state index contributed by atoms with van der Waals surface area (Å²) in [7, 11) is -3.71. The average Bonchev–Trinajstić information content (AvgIpc) is 3.25. The SMILES string of the molecule is Cc1csc(CNS(=O)(=O)c2cccc(C(=O)N[C@@H]3CCNC3)c2)n1. The van der Waals surface area contributed by atoms with Crippen molar-refractivity contribution in [1.29, 1.82) is 0 Å². The summed E-state index contributed by atoms with van der Waals surface area (Å²) in [5, 5.41) is 8.65. The third kappa shape index (κ3) is 4.63. The Morgan fingerprint density at radius 3 is 2.96 bits per heavy atom. The van der Waals surface area contributed by atoms with Crippen molar-refractivity contribution in [2.45, 2.75) is 30.8 Å².